The number of anilines is 2. The SMILES string of the molecule is CCc1c(N2CCN(C(=O)c3ncnc(C)c3OCc3ccccc3)CC2)c(=O)n2nc(C3=CC4(C3)CC(C(=O)OC)C4)nc2n1CC(=O)Nc1ccc(C(F)(F)F)cc1Cl. The minimum atomic E-state index is -4.63. The van der Waals surface area contributed by atoms with Crippen molar-refractivity contribution in [3.8, 4) is 5.75 Å². The molecule has 19 heteroatoms. The average molecular weight is 860 g/mol. The van der Waals surface area contributed by atoms with Crippen molar-refractivity contribution in [1.29, 1.82) is 0 Å². The minimum Gasteiger partial charge on any atom is -0.485 e. The Labute approximate surface area is 352 Å². The summed E-state index contributed by atoms with van der Waals surface area (Å²) in [4.78, 5) is 71.0. The number of benzene rings is 2. The van der Waals surface area contributed by atoms with Gasteiger partial charge in [0, 0.05) is 26.2 Å². The van der Waals surface area contributed by atoms with Gasteiger partial charge in [-0.05, 0) is 67.4 Å². The molecule has 3 aliphatic rings. The van der Waals surface area contributed by atoms with E-state index in [2.05, 4.69) is 20.4 Å². The van der Waals surface area contributed by atoms with Crippen LogP contribution in [0.4, 0.5) is 24.5 Å². The van der Waals surface area contributed by atoms with Crippen LogP contribution in [0.25, 0.3) is 11.4 Å². The van der Waals surface area contributed by atoms with Crippen LogP contribution in [-0.4, -0.2) is 85.1 Å². The van der Waals surface area contributed by atoms with E-state index < -0.39 is 29.8 Å². The van der Waals surface area contributed by atoms with Gasteiger partial charge in [-0.15, -0.1) is 5.10 Å². The maximum absolute atomic E-state index is 14.5. The van der Waals surface area contributed by atoms with Crippen molar-refractivity contribution < 1.29 is 37.0 Å². The van der Waals surface area contributed by atoms with Gasteiger partial charge < -0.3 is 29.2 Å². The molecule has 1 N–H and O–H groups in total. The third kappa shape index (κ3) is 8.03. The molecule has 8 rings (SSSR count). The molecule has 2 fully saturated rings. The van der Waals surface area contributed by atoms with Crippen molar-refractivity contribution in [3.63, 3.8) is 0 Å². The first-order chi connectivity index (χ1) is 29.2. The second-order valence-corrected chi connectivity index (χ2v) is 15.9. The molecular weight excluding hydrogens is 819 g/mol. The van der Waals surface area contributed by atoms with Gasteiger partial charge in [0.25, 0.3) is 11.5 Å². The quantitative estimate of drug-likeness (QED) is 0.161. The molecule has 15 nitrogen and oxygen atoms in total. The number of hydrogen-bond acceptors (Lipinski definition) is 11. The number of fused-ring (bicyclic) bond motifs is 1. The number of amides is 2. The summed E-state index contributed by atoms with van der Waals surface area (Å²) in [6.45, 7) is 4.32. The molecule has 318 valence electrons. The van der Waals surface area contributed by atoms with Gasteiger partial charge in [0.15, 0.2) is 17.3 Å². The van der Waals surface area contributed by atoms with E-state index in [1.54, 1.807) is 16.4 Å². The smallest absolute Gasteiger partial charge is 0.416 e. The highest BCUT2D eigenvalue weighted by Gasteiger charge is 2.51. The van der Waals surface area contributed by atoms with E-state index in [0.29, 0.717) is 36.5 Å². The number of carbonyl (C=O) groups excluding carboxylic acids is 3. The summed E-state index contributed by atoms with van der Waals surface area (Å²) in [7, 11) is 1.36. The molecule has 1 aliphatic heterocycles. The van der Waals surface area contributed by atoms with Gasteiger partial charge >= 0.3 is 12.1 Å². The van der Waals surface area contributed by atoms with E-state index in [1.165, 1.54) is 13.4 Å². The minimum absolute atomic E-state index is 0.0267. The monoisotopic (exact) mass is 859 g/mol. The number of methoxy groups -OCH3 is 1. The van der Waals surface area contributed by atoms with Gasteiger partial charge in [0.2, 0.25) is 11.7 Å². The molecule has 2 aliphatic carbocycles. The Balaban J connectivity index is 1.08. The molecule has 61 heavy (non-hydrogen) atoms. The number of allylic oxidation sites excluding steroid dienone is 2. The number of nitrogens with one attached hydrogen (secondary N) is 1. The van der Waals surface area contributed by atoms with Crippen molar-refractivity contribution in [3.05, 3.63) is 110 Å². The summed E-state index contributed by atoms with van der Waals surface area (Å²) in [6.07, 6.45) is 0.840. The first-order valence-corrected chi connectivity index (χ1v) is 20.1. The summed E-state index contributed by atoms with van der Waals surface area (Å²) < 4.78 is 53.7. The summed E-state index contributed by atoms with van der Waals surface area (Å²) >= 11 is 6.18. The van der Waals surface area contributed by atoms with Crippen LogP contribution in [0.1, 0.15) is 65.0 Å². The maximum Gasteiger partial charge on any atom is 0.416 e. The van der Waals surface area contributed by atoms with E-state index in [4.69, 9.17) is 26.1 Å². The number of carbonyl (C=O) groups is 3. The molecule has 2 aromatic carbocycles. The molecule has 5 aromatic rings. The van der Waals surface area contributed by atoms with Crippen LogP contribution in [0.15, 0.2) is 65.7 Å². The number of aromatic nitrogens is 6. The number of ether oxygens (including phenoxy) is 2. The Morgan fingerprint density at radius 2 is 1.75 bits per heavy atom. The third-order valence-corrected chi connectivity index (χ3v) is 11.8. The van der Waals surface area contributed by atoms with E-state index in [1.807, 2.05) is 48.2 Å². The molecule has 0 atom stereocenters. The highest BCUT2D eigenvalue weighted by atomic mass is 35.5. The molecule has 0 radical (unpaired) electrons. The van der Waals surface area contributed by atoms with Gasteiger partial charge in [0.05, 0.1) is 40.7 Å². The summed E-state index contributed by atoms with van der Waals surface area (Å²) in [5.41, 5.74) is 1.42. The first kappa shape index (κ1) is 41.4. The van der Waals surface area contributed by atoms with Crippen LogP contribution < -0.4 is 20.5 Å². The van der Waals surface area contributed by atoms with Gasteiger partial charge in [-0.2, -0.15) is 22.7 Å². The van der Waals surface area contributed by atoms with Gasteiger partial charge in [0.1, 0.15) is 25.2 Å². The summed E-state index contributed by atoms with van der Waals surface area (Å²) in [6, 6.07) is 12.1. The predicted molar refractivity (Wildman–Crippen MR) is 217 cm³/mol. The lowest BCUT2D eigenvalue weighted by Crippen LogP contribution is -2.51. The second-order valence-electron chi connectivity index (χ2n) is 15.5. The highest BCUT2D eigenvalue weighted by molar-refractivity contribution is 6.33. The number of alkyl halides is 3. The van der Waals surface area contributed by atoms with Crippen LogP contribution in [0, 0.1) is 18.3 Å². The van der Waals surface area contributed by atoms with Crippen molar-refractivity contribution in [2.24, 2.45) is 11.3 Å². The Morgan fingerprint density at radius 1 is 1.03 bits per heavy atom. The number of aryl methyl sites for hydroxylation is 1. The molecule has 1 saturated heterocycles. The zero-order valence-corrected chi connectivity index (χ0v) is 34.2. The third-order valence-electron chi connectivity index (χ3n) is 11.5. The predicted octanol–water partition coefficient (Wildman–Crippen LogP) is 5.76. The number of nitrogens with zero attached hydrogens (tertiary/aromatic N) is 8. The van der Waals surface area contributed by atoms with Crippen LogP contribution >= 0.6 is 11.6 Å². The van der Waals surface area contributed by atoms with Gasteiger partial charge in [-0.3, -0.25) is 19.2 Å². The largest absolute Gasteiger partial charge is 0.485 e. The molecule has 0 bridgehead atoms. The topological polar surface area (TPSA) is 166 Å². The lowest BCUT2D eigenvalue weighted by molar-refractivity contribution is -0.152. The molecule has 1 spiro atoms. The molecule has 4 heterocycles. The summed E-state index contributed by atoms with van der Waals surface area (Å²) in [5, 5.41) is 6.93. The zero-order chi connectivity index (χ0) is 43.2. The fourth-order valence-corrected chi connectivity index (χ4v) is 8.60. The van der Waals surface area contributed by atoms with Gasteiger partial charge in [-0.1, -0.05) is 54.9 Å². The van der Waals surface area contributed by atoms with Crippen molar-refractivity contribution >= 4 is 52.1 Å². The van der Waals surface area contributed by atoms with Gasteiger partial charge in [-0.25, -0.2) is 9.97 Å². The molecule has 0 unspecified atom stereocenters. The average Bonchev–Trinajstić information content (AvgIpc) is 3.66. The number of esters is 1. The Bertz CT molecular complexity index is 2630. The van der Waals surface area contributed by atoms with Crippen molar-refractivity contribution in [2.75, 3.05) is 43.5 Å². The summed E-state index contributed by atoms with van der Waals surface area (Å²) in [5.74, 6) is -0.758. The normalized spacial score (nSPS) is 18.7. The number of rotatable bonds is 11. The van der Waals surface area contributed by atoms with E-state index in [0.717, 1.165) is 33.9 Å². The molecule has 3 aromatic heterocycles. The lowest BCUT2D eigenvalue weighted by atomic mass is 9.53. The number of halogens is 4. The first-order valence-electron chi connectivity index (χ1n) is 19.7. The Morgan fingerprint density at radius 3 is 2.41 bits per heavy atom. The second kappa shape index (κ2) is 16.3. The van der Waals surface area contributed by atoms with Crippen molar-refractivity contribution in [2.45, 2.75) is 58.9 Å². The molecule has 2 amide bonds. The fraction of sp³-hybridized carbons (Fsp3) is 0.381. The lowest BCUT2D eigenvalue weighted by Gasteiger charge is -2.50. The van der Waals surface area contributed by atoms with Crippen LogP contribution in [0.3, 0.4) is 0 Å². The van der Waals surface area contributed by atoms with E-state index in [9.17, 15) is 32.3 Å². The number of hydrogen-bond donors (Lipinski definition) is 1. The zero-order valence-electron chi connectivity index (χ0n) is 33.5. The standard InChI is InChI=1S/C42H41ClF3N9O6/c1-4-31-34(52-12-14-53(15-13-52)37(57)33-35(24(2)47-23-48-33)61-22-25-8-6-5-7-9-25)38(58)55-40(50-36(51-55)26-17-41(18-26)19-27(20-41)39(59)60-3)54(31)21-32(56)49-30-11-10-28(16-29(30)43)42(44,45)46/h5-11,16-17,23,27H,4,12-15,18-22H2,1-3H3,(H,49,56). The maximum atomic E-state index is 14.5. The van der Waals surface area contributed by atoms with E-state index >= 15 is 0 Å². The van der Waals surface area contributed by atoms with E-state index in [-0.39, 0.29) is 96.0 Å². The fourth-order valence-electron chi connectivity index (χ4n) is 8.37. The number of piperazine rings is 1. The highest BCUT2D eigenvalue weighted by Crippen LogP contribution is 2.59. The van der Waals surface area contributed by atoms with Crippen LogP contribution in [0.2, 0.25) is 5.02 Å². The van der Waals surface area contributed by atoms with Crippen molar-refractivity contribution in [1.82, 2.24) is 34.0 Å². The Kier molecular flexibility index (Phi) is 11.1. The molecular formula is C42H41ClF3N9O6. The Hall–Kier alpha value is -6.30. The molecule has 1 saturated carbocycles. The van der Waals surface area contributed by atoms with Crippen LogP contribution in [0.5, 0.6) is 5.75 Å². The van der Waals surface area contributed by atoms with Crippen LogP contribution in [-0.2, 0) is 40.1 Å².